The van der Waals surface area contributed by atoms with Crippen LogP contribution in [0.4, 0.5) is 9.93 Å². The molecule has 0 unspecified atom stereocenters. The lowest BCUT2D eigenvalue weighted by Crippen LogP contribution is -2.54. The molecule has 1 aromatic carbocycles. The number of carbonyl (C=O) groups is 3. The molecule has 0 bridgehead atoms. The minimum Gasteiger partial charge on any atom is -0.323 e. The number of hydrogen-bond acceptors (Lipinski definition) is 5. The van der Waals surface area contributed by atoms with Crippen molar-refractivity contribution < 1.29 is 14.4 Å². The van der Waals surface area contributed by atoms with E-state index in [4.69, 9.17) is 11.6 Å². The van der Waals surface area contributed by atoms with Gasteiger partial charge in [-0.25, -0.2) is 9.78 Å². The Morgan fingerprint density at radius 1 is 1.44 bits per heavy atom. The van der Waals surface area contributed by atoms with E-state index in [2.05, 4.69) is 15.6 Å². The molecule has 1 aromatic heterocycles. The van der Waals surface area contributed by atoms with Gasteiger partial charge in [0.05, 0.1) is 10.2 Å². The van der Waals surface area contributed by atoms with Gasteiger partial charge in [-0.2, -0.15) is 0 Å². The number of aromatic nitrogens is 1. The van der Waals surface area contributed by atoms with E-state index < -0.39 is 17.5 Å². The number of nitrogens with zero attached hydrogens (tertiary/aromatic N) is 2. The lowest BCUT2D eigenvalue weighted by Gasteiger charge is -2.36. The molecular formula is C18H19ClN4O3S. The molecule has 1 saturated heterocycles. The van der Waals surface area contributed by atoms with Crippen LogP contribution in [0.15, 0.2) is 18.2 Å². The average molecular weight is 407 g/mol. The summed E-state index contributed by atoms with van der Waals surface area (Å²) < 4.78 is 0.850. The van der Waals surface area contributed by atoms with E-state index in [9.17, 15) is 14.4 Å². The van der Waals surface area contributed by atoms with E-state index in [1.54, 1.807) is 18.2 Å². The van der Waals surface area contributed by atoms with Crippen molar-refractivity contribution in [1.82, 2.24) is 15.2 Å². The fourth-order valence-corrected chi connectivity index (χ4v) is 5.05. The van der Waals surface area contributed by atoms with Gasteiger partial charge in [-0.05, 0) is 37.0 Å². The summed E-state index contributed by atoms with van der Waals surface area (Å²) in [6.07, 6.45) is 3.45. The number of rotatable bonds is 3. The first-order chi connectivity index (χ1) is 12.9. The van der Waals surface area contributed by atoms with Crippen LogP contribution in [0.3, 0.4) is 0 Å². The molecule has 2 heterocycles. The molecule has 9 heteroatoms. The topological polar surface area (TPSA) is 91.4 Å². The molecule has 2 N–H and O–H groups in total. The fraction of sp³-hybridized carbons (Fsp3) is 0.444. The van der Waals surface area contributed by atoms with Gasteiger partial charge in [-0.3, -0.25) is 14.5 Å². The summed E-state index contributed by atoms with van der Waals surface area (Å²) in [6.45, 7) is 1.66. The molecule has 4 rings (SSSR count). The number of halogens is 1. The maximum atomic E-state index is 12.9. The van der Waals surface area contributed by atoms with Crippen LogP contribution < -0.4 is 10.6 Å². The average Bonchev–Trinajstić information content (AvgIpc) is 3.11. The number of nitrogens with one attached hydrogen (secondary N) is 2. The van der Waals surface area contributed by atoms with E-state index in [0.717, 1.165) is 34.4 Å². The zero-order valence-electron chi connectivity index (χ0n) is 14.8. The normalized spacial score (nSPS) is 25.3. The first kappa shape index (κ1) is 18.2. The van der Waals surface area contributed by atoms with Gasteiger partial charge in [-0.15, -0.1) is 0 Å². The first-order valence-corrected chi connectivity index (χ1v) is 10.1. The molecule has 2 aliphatic rings. The number of anilines is 1. The van der Waals surface area contributed by atoms with Gasteiger partial charge < -0.3 is 10.6 Å². The second-order valence-corrected chi connectivity index (χ2v) is 8.59. The van der Waals surface area contributed by atoms with Crippen molar-refractivity contribution in [3.05, 3.63) is 23.2 Å². The van der Waals surface area contributed by atoms with Crippen LogP contribution in [0.25, 0.3) is 10.2 Å². The molecule has 1 saturated carbocycles. The van der Waals surface area contributed by atoms with Crippen LogP contribution in [-0.2, 0) is 9.59 Å². The van der Waals surface area contributed by atoms with Crippen LogP contribution >= 0.6 is 22.9 Å². The largest absolute Gasteiger partial charge is 0.325 e. The summed E-state index contributed by atoms with van der Waals surface area (Å²) in [5.74, 6) is -0.695. The summed E-state index contributed by atoms with van der Waals surface area (Å²) in [5, 5.41) is 6.52. The van der Waals surface area contributed by atoms with Crippen molar-refractivity contribution in [2.45, 2.75) is 38.1 Å². The highest BCUT2D eigenvalue weighted by Crippen LogP contribution is 2.38. The van der Waals surface area contributed by atoms with E-state index in [1.165, 1.54) is 11.3 Å². The second kappa shape index (κ2) is 6.76. The summed E-state index contributed by atoms with van der Waals surface area (Å²) >= 11 is 7.25. The van der Waals surface area contributed by atoms with Crippen LogP contribution in [0.2, 0.25) is 5.02 Å². The van der Waals surface area contributed by atoms with Crippen molar-refractivity contribution in [2.24, 2.45) is 5.92 Å². The summed E-state index contributed by atoms with van der Waals surface area (Å²) in [4.78, 5) is 43.0. The molecular weight excluding hydrogens is 388 g/mol. The summed E-state index contributed by atoms with van der Waals surface area (Å²) in [7, 11) is 0. The SMILES string of the molecule is C[C@@H]1CCCC[C@@]12NC(=O)N(CC(=O)Nc1nc3ccc(Cl)cc3s1)C2=O. The van der Waals surface area contributed by atoms with Crippen molar-refractivity contribution in [1.29, 1.82) is 0 Å². The van der Waals surface area contributed by atoms with Gasteiger partial charge in [0, 0.05) is 5.02 Å². The molecule has 4 amide bonds. The Balaban J connectivity index is 1.47. The van der Waals surface area contributed by atoms with Crippen LogP contribution in [0, 0.1) is 5.92 Å². The molecule has 27 heavy (non-hydrogen) atoms. The smallest absolute Gasteiger partial charge is 0.323 e. The van der Waals surface area contributed by atoms with E-state index >= 15 is 0 Å². The standard InChI is InChI=1S/C18H19ClN4O3S/c1-10-4-2-3-7-18(10)15(25)23(17(26)22-18)9-14(24)21-16-20-12-6-5-11(19)8-13(12)27-16/h5-6,8,10H,2-4,7,9H2,1H3,(H,22,26)(H,20,21,24)/t10-,18-/m1/s1. The lowest BCUT2D eigenvalue weighted by atomic mass is 9.73. The van der Waals surface area contributed by atoms with Gasteiger partial charge in [0.1, 0.15) is 12.1 Å². The number of carbonyl (C=O) groups excluding carboxylic acids is 3. The Hall–Kier alpha value is -2.19. The molecule has 2 atom stereocenters. The minimum atomic E-state index is -0.859. The number of imide groups is 1. The first-order valence-electron chi connectivity index (χ1n) is 8.89. The Morgan fingerprint density at radius 3 is 3.04 bits per heavy atom. The van der Waals surface area contributed by atoms with Gasteiger partial charge in [0.25, 0.3) is 5.91 Å². The zero-order valence-corrected chi connectivity index (χ0v) is 16.3. The number of urea groups is 1. The van der Waals surface area contributed by atoms with E-state index in [0.29, 0.717) is 16.6 Å². The summed E-state index contributed by atoms with van der Waals surface area (Å²) in [5.41, 5.74) is -0.132. The van der Waals surface area contributed by atoms with E-state index in [-0.39, 0.29) is 18.4 Å². The Bertz CT molecular complexity index is 946. The molecule has 1 aliphatic carbocycles. The maximum Gasteiger partial charge on any atom is 0.325 e. The molecule has 2 aromatic rings. The quantitative estimate of drug-likeness (QED) is 0.764. The van der Waals surface area contributed by atoms with Crippen LogP contribution in [0.5, 0.6) is 0 Å². The number of hydrogen-bond donors (Lipinski definition) is 2. The molecule has 1 aliphatic heterocycles. The Morgan fingerprint density at radius 2 is 2.26 bits per heavy atom. The Labute approximate surface area is 165 Å². The highest BCUT2D eigenvalue weighted by Gasteiger charge is 2.55. The van der Waals surface area contributed by atoms with Crippen molar-refractivity contribution in [2.75, 3.05) is 11.9 Å². The predicted molar refractivity (Wildman–Crippen MR) is 104 cm³/mol. The third kappa shape index (κ3) is 3.17. The van der Waals surface area contributed by atoms with Crippen molar-refractivity contribution in [3.8, 4) is 0 Å². The summed E-state index contributed by atoms with van der Waals surface area (Å²) in [6, 6.07) is 4.78. The molecule has 2 fully saturated rings. The lowest BCUT2D eigenvalue weighted by molar-refractivity contribution is -0.136. The highest BCUT2D eigenvalue weighted by molar-refractivity contribution is 7.22. The fourth-order valence-electron chi connectivity index (χ4n) is 3.89. The van der Waals surface area contributed by atoms with Gasteiger partial charge in [0.2, 0.25) is 5.91 Å². The third-order valence-corrected chi connectivity index (χ3v) is 6.57. The van der Waals surface area contributed by atoms with Crippen LogP contribution in [-0.4, -0.2) is 39.8 Å². The number of amides is 4. The highest BCUT2D eigenvalue weighted by atomic mass is 35.5. The molecule has 142 valence electrons. The second-order valence-electron chi connectivity index (χ2n) is 7.12. The predicted octanol–water partition coefficient (Wildman–Crippen LogP) is 3.39. The number of thiazole rings is 1. The number of fused-ring (bicyclic) bond motifs is 1. The van der Waals surface area contributed by atoms with Crippen LogP contribution in [0.1, 0.15) is 32.6 Å². The third-order valence-electron chi connectivity index (χ3n) is 5.40. The maximum absolute atomic E-state index is 12.9. The number of benzene rings is 1. The molecule has 7 nitrogen and oxygen atoms in total. The van der Waals surface area contributed by atoms with Gasteiger partial charge in [0.15, 0.2) is 5.13 Å². The van der Waals surface area contributed by atoms with Gasteiger partial charge >= 0.3 is 6.03 Å². The van der Waals surface area contributed by atoms with Gasteiger partial charge in [-0.1, -0.05) is 42.7 Å². The minimum absolute atomic E-state index is 0.0600. The molecule has 0 radical (unpaired) electrons. The molecule has 1 spiro atoms. The van der Waals surface area contributed by atoms with Crippen molar-refractivity contribution in [3.63, 3.8) is 0 Å². The zero-order chi connectivity index (χ0) is 19.2. The van der Waals surface area contributed by atoms with E-state index in [1.807, 2.05) is 6.92 Å². The monoisotopic (exact) mass is 406 g/mol. The Kier molecular flexibility index (Phi) is 4.55. The van der Waals surface area contributed by atoms with Crippen molar-refractivity contribution >= 4 is 56.1 Å².